The van der Waals surface area contributed by atoms with Crippen molar-refractivity contribution in [1.82, 2.24) is 5.06 Å². The maximum absolute atomic E-state index is 10.9. The van der Waals surface area contributed by atoms with Crippen molar-refractivity contribution in [2.45, 2.75) is 39.7 Å². The lowest BCUT2D eigenvalue weighted by Gasteiger charge is -2.26. The molecule has 0 saturated heterocycles. The van der Waals surface area contributed by atoms with Crippen LogP contribution in [0.4, 0.5) is 0 Å². The van der Waals surface area contributed by atoms with E-state index in [1.807, 2.05) is 6.92 Å². The van der Waals surface area contributed by atoms with Crippen molar-refractivity contribution in [2.75, 3.05) is 6.54 Å². The number of nitrogens with zero attached hydrogens (tertiary/aromatic N) is 1. The Kier molecular flexibility index (Phi) is 6.24. The van der Waals surface area contributed by atoms with E-state index in [0.717, 1.165) is 12.8 Å². The van der Waals surface area contributed by atoms with Gasteiger partial charge >= 0.3 is 5.97 Å². The maximum atomic E-state index is 10.9. The second-order valence-electron chi connectivity index (χ2n) is 2.82. The van der Waals surface area contributed by atoms with E-state index in [1.165, 1.54) is 6.08 Å². The molecule has 0 spiro atoms. The van der Waals surface area contributed by atoms with E-state index < -0.39 is 0 Å². The molecular formula is C10H19NO2. The van der Waals surface area contributed by atoms with Gasteiger partial charge in [-0.2, -0.15) is 0 Å². The Morgan fingerprint density at radius 1 is 1.46 bits per heavy atom. The summed E-state index contributed by atoms with van der Waals surface area (Å²) in [4.78, 5) is 16.0. The molecule has 0 unspecified atom stereocenters. The van der Waals surface area contributed by atoms with Crippen molar-refractivity contribution in [3.63, 3.8) is 0 Å². The molecule has 0 aromatic carbocycles. The predicted molar refractivity (Wildman–Crippen MR) is 53.0 cm³/mol. The number of rotatable bonds is 6. The molecule has 0 amide bonds. The van der Waals surface area contributed by atoms with Crippen molar-refractivity contribution in [3.05, 3.63) is 12.7 Å². The summed E-state index contributed by atoms with van der Waals surface area (Å²) in [6.45, 7) is 10.2. The molecule has 0 heterocycles. The maximum Gasteiger partial charge on any atom is 0.349 e. The van der Waals surface area contributed by atoms with Crippen molar-refractivity contribution in [2.24, 2.45) is 0 Å². The van der Waals surface area contributed by atoms with Crippen molar-refractivity contribution < 1.29 is 9.63 Å². The molecule has 0 aliphatic rings. The first kappa shape index (κ1) is 12.2. The van der Waals surface area contributed by atoms with E-state index in [4.69, 9.17) is 4.84 Å². The SMILES string of the molecule is C=CC(=O)ON(CC)C(CC)CC. The Balaban J connectivity index is 4.14. The van der Waals surface area contributed by atoms with E-state index in [-0.39, 0.29) is 5.97 Å². The molecule has 0 atom stereocenters. The Morgan fingerprint density at radius 3 is 2.31 bits per heavy atom. The fraction of sp³-hybridized carbons (Fsp3) is 0.700. The quantitative estimate of drug-likeness (QED) is 0.469. The zero-order valence-corrected chi connectivity index (χ0v) is 8.75. The summed E-state index contributed by atoms with van der Waals surface area (Å²) in [5, 5.41) is 1.71. The van der Waals surface area contributed by atoms with Gasteiger partial charge in [-0.05, 0) is 19.8 Å². The van der Waals surface area contributed by atoms with Crippen molar-refractivity contribution in [1.29, 1.82) is 0 Å². The Labute approximate surface area is 80.3 Å². The van der Waals surface area contributed by atoms with E-state index in [0.29, 0.717) is 12.6 Å². The van der Waals surface area contributed by atoms with Crippen LogP contribution < -0.4 is 0 Å². The molecular weight excluding hydrogens is 166 g/mol. The predicted octanol–water partition coefficient (Wildman–Crippen LogP) is 2.14. The molecule has 0 rings (SSSR count). The summed E-state index contributed by atoms with van der Waals surface area (Å²) in [7, 11) is 0. The van der Waals surface area contributed by atoms with Crippen LogP contribution in [0.15, 0.2) is 12.7 Å². The van der Waals surface area contributed by atoms with E-state index in [9.17, 15) is 4.79 Å². The summed E-state index contributed by atoms with van der Waals surface area (Å²) in [6, 6.07) is 0.314. The third-order valence-electron chi connectivity index (χ3n) is 2.04. The fourth-order valence-electron chi connectivity index (χ4n) is 1.25. The van der Waals surface area contributed by atoms with Crippen molar-refractivity contribution >= 4 is 5.97 Å². The summed E-state index contributed by atoms with van der Waals surface area (Å²) >= 11 is 0. The minimum atomic E-state index is -0.381. The van der Waals surface area contributed by atoms with Gasteiger partial charge in [-0.1, -0.05) is 20.4 Å². The molecule has 0 bridgehead atoms. The van der Waals surface area contributed by atoms with Crippen LogP contribution in [-0.2, 0) is 9.63 Å². The normalized spacial score (nSPS) is 10.5. The molecule has 0 radical (unpaired) electrons. The van der Waals surface area contributed by atoms with Gasteiger partial charge in [-0.3, -0.25) is 0 Å². The highest BCUT2D eigenvalue weighted by Gasteiger charge is 2.16. The van der Waals surface area contributed by atoms with E-state index in [1.54, 1.807) is 5.06 Å². The molecule has 0 aliphatic heterocycles. The lowest BCUT2D eigenvalue weighted by Crippen LogP contribution is -2.35. The topological polar surface area (TPSA) is 29.5 Å². The average Bonchev–Trinajstić information content (AvgIpc) is 2.17. The van der Waals surface area contributed by atoms with Crippen LogP contribution in [0, 0.1) is 0 Å². The Bertz CT molecular complexity index is 164. The van der Waals surface area contributed by atoms with Gasteiger partial charge in [0.05, 0.1) is 0 Å². The van der Waals surface area contributed by atoms with Crippen LogP contribution in [0.5, 0.6) is 0 Å². The van der Waals surface area contributed by atoms with E-state index in [2.05, 4.69) is 20.4 Å². The summed E-state index contributed by atoms with van der Waals surface area (Å²) < 4.78 is 0. The molecule has 0 saturated carbocycles. The highest BCUT2D eigenvalue weighted by Crippen LogP contribution is 2.08. The van der Waals surface area contributed by atoms with Crippen LogP contribution in [0.3, 0.4) is 0 Å². The van der Waals surface area contributed by atoms with Gasteiger partial charge < -0.3 is 4.84 Å². The molecule has 0 fully saturated rings. The van der Waals surface area contributed by atoms with Crippen LogP contribution in [-0.4, -0.2) is 23.6 Å². The van der Waals surface area contributed by atoms with Gasteiger partial charge in [0.2, 0.25) is 0 Å². The molecule has 3 nitrogen and oxygen atoms in total. The monoisotopic (exact) mass is 185 g/mol. The van der Waals surface area contributed by atoms with Gasteiger partial charge in [0.15, 0.2) is 0 Å². The average molecular weight is 185 g/mol. The minimum Gasteiger partial charge on any atom is -0.364 e. The smallest absolute Gasteiger partial charge is 0.349 e. The van der Waals surface area contributed by atoms with Gasteiger partial charge in [0, 0.05) is 18.7 Å². The fourth-order valence-corrected chi connectivity index (χ4v) is 1.25. The lowest BCUT2D eigenvalue weighted by atomic mass is 10.2. The highest BCUT2D eigenvalue weighted by molar-refractivity contribution is 5.80. The van der Waals surface area contributed by atoms with Gasteiger partial charge in [-0.25, -0.2) is 4.79 Å². The summed E-state index contributed by atoms with van der Waals surface area (Å²) in [5.41, 5.74) is 0. The van der Waals surface area contributed by atoms with Gasteiger partial charge in [0.1, 0.15) is 0 Å². The summed E-state index contributed by atoms with van der Waals surface area (Å²) in [6.07, 6.45) is 3.15. The highest BCUT2D eigenvalue weighted by atomic mass is 16.7. The van der Waals surface area contributed by atoms with Crippen LogP contribution in [0.25, 0.3) is 0 Å². The Morgan fingerprint density at radius 2 is 2.00 bits per heavy atom. The third kappa shape index (κ3) is 4.08. The zero-order chi connectivity index (χ0) is 10.3. The number of hydrogen-bond donors (Lipinski definition) is 0. The molecule has 0 aliphatic carbocycles. The molecule has 3 heteroatoms. The molecule has 0 aromatic rings. The number of hydrogen-bond acceptors (Lipinski definition) is 3. The van der Waals surface area contributed by atoms with Crippen LogP contribution in [0.2, 0.25) is 0 Å². The second-order valence-corrected chi connectivity index (χ2v) is 2.82. The van der Waals surface area contributed by atoms with Gasteiger partial charge in [0.25, 0.3) is 0 Å². The van der Waals surface area contributed by atoms with Gasteiger partial charge in [-0.15, -0.1) is 5.06 Å². The second kappa shape index (κ2) is 6.66. The first-order chi connectivity index (χ1) is 6.19. The van der Waals surface area contributed by atoms with E-state index >= 15 is 0 Å². The molecule has 13 heavy (non-hydrogen) atoms. The molecule has 76 valence electrons. The Hall–Kier alpha value is -0.830. The zero-order valence-electron chi connectivity index (χ0n) is 8.75. The first-order valence-corrected chi connectivity index (χ1v) is 4.80. The number of carbonyl (C=O) groups excluding carboxylic acids is 1. The minimum absolute atomic E-state index is 0.314. The third-order valence-corrected chi connectivity index (χ3v) is 2.04. The lowest BCUT2D eigenvalue weighted by molar-refractivity contribution is -0.195. The first-order valence-electron chi connectivity index (χ1n) is 4.80. The standard InChI is InChI=1S/C10H19NO2/c1-5-9(6-2)11(8-4)13-10(12)7-3/h7,9H,3,5-6,8H2,1-2,4H3. The van der Waals surface area contributed by atoms with Crippen LogP contribution >= 0.6 is 0 Å². The molecule has 0 aromatic heterocycles. The van der Waals surface area contributed by atoms with Crippen molar-refractivity contribution in [3.8, 4) is 0 Å². The number of hydroxylamine groups is 2. The number of carbonyl (C=O) groups is 1. The largest absolute Gasteiger partial charge is 0.364 e. The summed E-state index contributed by atoms with van der Waals surface area (Å²) in [5.74, 6) is -0.381. The van der Waals surface area contributed by atoms with Crippen LogP contribution in [0.1, 0.15) is 33.6 Å². The molecule has 0 N–H and O–H groups in total.